The molecule has 4 rings (SSSR count). The zero-order chi connectivity index (χ0) is 25.2. The van der Waals surface area contributed by atoms with Crippen molar-refractivity contribution in [3.63, 3.8) is 0 Å². The summed E-state index contributed by atoms with van der Waals surface area (Å²) < 4.78 is 3.16. The molecule has 0 aliphatic heterocycles. The molecule has 3 aromatic carbocycles. The number of pyridine rings is 1. The summed E-state index contributed by atoms with van der Waals surface area (Å²) in [6.45, 7) is 16.5. The average Bonchev–Trinajstić information content (AvgIpc) is 2.82. The van der Waals surface area contributed by atoms with Crippen molar-refractivity contribution in [3.05, 3.63) is 90.6 Å². The van der Waals surface area contributed by atoms with E-state index in [0.29, 0.717) is 11.8 Å². The first kappa shape index (κ1) is 25.7. The van der Waals surface area contributed by atoms with E-state index < -0.39 is 13.3 Å². The molecule has 1 aromatic heterocycles. The molecule has 0 N–H and O–H groups in total. The number of aromatic nitrogens is 1. The van der Waals surface area contributed by atoms with Gasteiger partial charge < -0.3 is 0 Å². The van der Waals surface area contributed by atoms with Crippen LogP contribution in [0.3, 0.4) is 0 Å². The van der Waals surface area contributed by atoms with Crippen molar-refractivity contribution in [2.24, 2.45) is 11.8 Å². The van der Waals surface area contributed by atoms with Gasteiger partial charge in [-0.1, -0.05) is 0 Å². The Morgan fingerprint density at radius 3 is 1.97 bits per heavy atom. The van der Waals surface area contributed by atoms with Gasteiger partial charge in [0.25, 0.3) is 0 Å². The van der Waals surface area contributed by atoms with Crippen LogP contribution in [0.25, 0.3) is 22.0 Å². The summed E-state index contributed by atoms with van der Waals surface area (Å²) >= 11 is -2.66. The van der Waals surface area contributed by atoms with Gasteiger partial charge in [-0.15, -0.1) is 0 Å². The Morgan fingerprint density at radius 2 is 1.34 bits per heavy atom. The van der Waals surface area contributed by atoms with Crippen LogP contribution in [0.5, 0.6) is 0 Å². The summed E-state index contributed by atoms with van der Waals surface area (Å²) in [4.78, 5) is 4.94. The van der Waals surface area contributed by atoms with E-state index in [0.717, 1.165) is 5.69 Å². The number of fused-ring (bicyclic) bond motifs is 1. The summed E-state index contributed by atoms with van der Waals surface area (Å²) in [6.07, 6.45) is 2.07. The van der Waals surface area contributed by atoms with E-state index in [2.05, 4.69) is 134 Å². The zero-order valence-electron chi connectivity index (χ0n) is 22.6. The Balaban J connectivity index is 1.93. The Morgan fingerprint density at radius 1 is 0.714 bits per heavy atom. The van der Waals surface area contributed by atoms with E-state index in [-0.39, 0.29) is 5.41 Å². The van der Waals surface area contributed by atoms with Crippen LogP contribution < -0.4 is 8.79 Å². The number of hydrogen-bond acceptors (Lipinski definition) is 1. The molecule has 0 atom stereocenters. The van der Waals surface area contributed by atoms with E-state index in [9.17, 15) is 0 Å². The van der Waals surface area contributed by atoms with Gasteiger partial charge in [0.05, 0.1) is 0 Å². The predicted octanol–water partition coefficient (Wildman–Crippen LogP) is 8.07. The molecule has 0 saturated carbocycles. The van der Waals surface area contributed by atoms with Gasteiger partial charge in [0.2, 0.25) is 0 Å². The molecule has 0 bridgehead atoms. The minimum atomic E-state index is -2.66. The number of nitrogens with zero attached hydrogens (tertiary/aromatic N) is 1. The van der Waals surface area contributed by atoms with Gasteiger partial charge in [-0.25, -0.2) is 0 Å². The van der Waals surface area contributed by atoms with Crippen LogP contribution in [0, 0.1) is 11.8 Å². The fraction of sp³-hybridized carbons (Fsp3) is 0.364. The molecule has 182 valence electrons. The van der Waals surface area contributed by atoms with Crippen molar-refractivity contribution in [2.45, 2.75) is 64.4 Å². The van der Waals surface area contributed by atoms with Gasteiger partial charge in [-0.3, -0.25) is 0 Å². The van der Waals surface area contributed by atoms with Crippen molar-refractivity contribution in [2.75, 3.05) is 0 Å². The van der Waals surface area contributed by atoms with E-state index in [1.807, 2.05) is 0 Å². The second-order valence-electron chi connectivity index (χ2n) is 12.1. The van der Waals surface area contributed by atoms with Gasteiger partial charge in [0.15, 0.2) is 0 Å². The third-order valence-electron chi connectivity index (χ3n) is 7.12. The van der Waals surface area contributed by atoms with E-state index in [1.165, 1.54) is 32.4 Å². The molecule has 35 heavy (non-hydrogen) atoms. The van der Waals surface area contributed by atoms with E-state index in [4.69, 9.17) is 4.98 Å². The van der Waals surface area contributed by atoms with Gasteiger partial charge >= 0.3 is 216 Å². The second kappa shape index (κ2) is 10.3. The summed E-state index contributed by atoms with van der Waals surface area (Å²) in [6, 6.07) is 29.7. The van der Waals surface area contributed by atoms with Gasteiger partial charge in [0.1, 0.15) is 0 Å². The number of benzene rings is 3. The topological polar surface area (TPSA) is 12.9 Å². The quantitative estimate of drug-likeness (QED) is 0.223. The molecular formula is C33H41GeN. The first-order chi connectivity index (χ1) is 16.6. The fourth-order valence-corrected chi connectivity index (χ4v) is 18.1. The Hall–Kier alpha value is -2.39. The third kappa shape index (κ3) is 5.56. The van der Waals surface area contributed by atoms with Crippen molar-refractivity contribution in [1.82, 2.24) is 4.98 Å². The average molecular weight is 524 g/mol. The van der Waals surface area contributed by atoms with Crippen LogP contribution in [-0.4, -0.2) is 18.3 Å². The van der Waals surface area contributed by atoms with Crippen LogP contribution in [0.15, 0.2) is 85.1 Å². The molecule has 0 saturated heterocycles. The fourth-order valence-electron chi connectivity index (χ4n) is 5.84. The van der Waals surface area contributed by atoms with E-state index >= 15 is 0 Å². The number of hydrogen-bond donors (Lipinski definition) is 0. The summed E-state index contributed by atoms with van der Waals surface area (Å²) in [5.74, 6) is 1.33. The monoisotopic (exact) mass is 525 g/mol. The molecule has 0 spiro atoms. The molecule has 0 unspecified atom stereocenters. The maximum absolute atomic E-state index is 4.94. The first-order valence-electron chi connectivity index (χ1n) is 13.2. The first-order valence-corrected chi connectivity index (χ1v) is 18.2. The summed E-state index contributed by atoms with van der Waals surface area (Å²) in [7, 11) is 0. The third-order valence-corrected chi connectivity index (χ3v) is 19.5. The molecule has 4 aromatic rings. The maximum atomic E-state index is 4.94. The van der Waals surface area contributed by atoms with Gasteiger partial charge in [-0.05, 0) is 0 Å². The molecule has 1 heterocycles. The Labute approximate surface area is 215 Å². The number of rotatable bonds is 7. The molecule has 0 aliphatic rings. The molecule has 0 fully saturated rings. The predicted molar refractivity (Wildman–Crippen MR) is 157 cm³/mol. The Bertz CT molecular complexity index is 1270. The molecular weight excluding hydrogens is 483 g/mol. The van der Waals surface area contributed by atoms with Crippen LogP contribution in [0.1, 0.15) is 54.0 Å². The SMILES string of the molecule is CC(C)[CH2][Ge]([CH2]C(C)C)([c]1ccccc1)[c]1ccnc(-c2cc(C(C)(C)C)c3ccccc3c2)c1. The molecule has 0 radical (unpaired) electrons. The molecule has 0 amide bonds. The molecule has 2 heteroatoms. The second-order valence-corrected chi connectivity index (χ2v) is 20.7. The Kier molecular flexibility index (Phi) is 7.57. The van der Waals surface area contributed by atoms with Crippen LogP contribution in [-0.2, 0) is 5.41 Å². The summed E-state index contributed by atoms with van der Waals surface area (Å²) in [5, 5.41) is 5.24. The van der Waals surface area contributed by atoms with Crippen LogP contribution in [0.4, 0.5) is 0 Å². The molecule has 0 aliphatic carbocycles. The zero-order valence-corrected chi connectivity index (χ0v) is 24.7. The van der Waals surface area contributed by atoms with E-state index in [1.54, 1.807) is 8.79 Å². The van der Waals surface area contributed by atoms with Gasteiger partial charge in [0, 0.05) is 0 Å². The van der Waals surface area contributed by atoms with Crippen molar-refractivity contribution >= 4 is 32.8 Å². The van der Waals surface area contributed by atoms with Crippen molar-refractivity contribution in [1.29, 1.82) is 0 Å². The van der Waals surface area contributed by atoms with Crippen LogP contribution in [0.2, 0.25) is 10.5 Å². The van der Waals surface area contributed by atoms with Crippen molar-refractivity contribution < 1.29 is 0 Å². The van der Waals surface area contributed by atoms with Crippen LogP contribution >= 0.6 is 0 Å². The minimum absolute atomic E-state index is 0.0636. The van der Waals surface area contributed by atoms with Crippen molar-refractivity contribution in [3.8, 4) is 11.3 Å². The standard InChI is InChI=1S/C33H41GeN/c1-24(2)22-34(23-25(3)4,28-14-9-8-10-15-28)29-17-18-35-32(21-29)27-19-26-13-11-12-16-30(26)31(20-27)33(5,6)7/h8-21,24-25H,22-23H2,1-7H3. The normalized spacial score (nSPS) is 12.6. The van der Waals surface area contributed by atoms with Gasteiger partial charge in [-0.2, -0.15) is 0 Å². The molecule has 1 nitrogen and oxygen atoms in total. The summed E-state index contributed by atoms with van der Waals surface area (Å²) in [5.41, 5.74) is 3.79.